The minimum Gasteiger partial charge on any atom is -0.358 e. The Hall–Kier alpha value is 4.05. The first-order valence-electron chi connectivity index (χ1n) is 12.9. The quantitative estimate of drug-likeness (QED) is 0.179. The summed E-state index contributed by atoms with van der Waals surface area (Å²) >= 11 is 0. The van der Waals surface area contributed by atoms with Crippen molar-refractivity contribution < 1.29 is 215 Å². The van der Waals surface area contributed by atoms with Crippen molar-refractivity contribution >= 4 is 0 Å². The molecule has 4 radical (unpaired) electrons. The maximum atomic E-state index is 2.42. The number of hydrogen-bond acceptors (Lipinski definition) is 0. The summed E-state index contributed by atoms with van der Waals surface area (Å²) < 4.78 is 0. The van der Waals surface area contributed by atoms with Crippen molar-refractivity contribution in [3.8, 4) is 0 Å². The first-order chi connectivity index (χ1) is 16.7. The zero-order valence-electron chi connectivity index (χ0n) is 31.7. The molecule has 268 valence electrons. The largest absolute Gasteiger partial charge is 0.358 e. The van der Waals surface area contributed by atoms with Gasteiger partial charge in [-0.3, -0.25) is 0 Å². The van der Waals surface area contributed by atoms with Crippen LogP contribution in [0.1, 0.15) is 60.8 Å². The topological polar surface area (TPSA) is 0 Å². The van der Waals surface area contributed by atoms with Gasteiger partial charge in [0.1, 0.15) is 0 Å². The van der Waals surface area contributed by atoms with Gasteiger partial charge in [-0.2, -0.15) is 0 Å². The Labute approximate surface area is 469 Å². The molecule has 0 N–H and O–H groups in total. The van der Waals surface area contributed by atoms with Crippen LogP contribution in [0.2, 0.25) is 0 Å². The van der Waals surface area contributed by atoms with E-state index in [0.29, 0.717) is 0 Å². The predicted molar refractivity (Wildman–Crippen MR) is 191 cm³/mol. The summed E-state index contributed by atoms with van der Waals surface area (Å²) in [6.07, 6.45) is 7.57. The molecule has 0 saturated heterocycles. The molecular formula is C42H56W4Y4-8. The summed E-state index contributed by atoms with van der Waals surface area (Å²) in [4.78, 5) is 0. The maximum absolute atomic E-state index is 2.42. The van der Waals surface area contributed by atoms with Crippen molar-refractivity contribution in [2.24, 2.45) is 0 Å². The molecule has 50 heavy (non-hydrogen) atoms. The van der Waals surface area contributed by atoms with Crippen molar-refractivity contribution in [3.05, 3.63) is 203 Å². The van der Waals surface area contributed by atoms with Crippen LogP contribution >= 0.6 is 0 Å². The fourth-order valence-electron chi connectivity index (χ4n) is 9.03. The van der Waals surface area contributed by atoms with E-state index in [1.807, 2.05) is 0 Å². The smallest absolute Gasteiger partial charge is 0 e. The van der Waals surface area contributed by atoms with Crippen LogP contribution in [0.3, 0.4) is 0 Å². The van der Waals surface area contributed by atoms with E-state index in [-0.39, 0.29) is 296 Å². The summed E-state index contributed by atoms with van der Waals surface area (Å²) in [5, 5.41) is 0. The van der Waals surface area contributed by atoms with Crippen molar-refractivity contribution in [1.29, 1.82) is 0 Å². The van der Waals surface area contributed by atoms with Crippen LogP contribution in [0.15, 0.2) is 121 Å². The Bertz CT molecular complexity index is 1080. The maximum Gasteiger partial charge on any atom is 0 e. The molecule has 0 amide bonds. The number of benzene rings is 4. The minimum absolute atomic E-state index is 0. The predicted octanol–water partition coefficient (Wildman–Crippen LogP) is 11.7. The molecule has 4 aliphatic rings. The molecule has 4 saturated carbocycles. The van der Waals surface area contributed by atoms with E-state index in [2.05, 4.69) is 121 Å². The van der Waals surface area contributed by atoms with Gasteiger partial charge < -0.3 is 59.4 Å². The molecule has 0 nitrogen and oxygen atoms in total. The fourth-order valence-corrected chi connectivity index (χ4v) is 9.03. The van der Waals surface area contributed by atoms with Gasteiger partial charge in [0.2, 0.25) is 0 Å². The van der Waals surface area contributed by atoms with Crippen LogP contribution in [-0.2, 0) is 237 Å². The SMILES string of the molecule is [CH3-].[CH3-].[CH3-].[CH3-].[CH3-].[CH3-].[CH3-].[CH3-].[W].[W].[W].[W].[Y].[Y].[Y].[Y].c1ccc(C23CC4(c5ccccc5)CC(c5ccccc5)(C2)CC(c2ccccc2)(C3)C4)cc1. The van der Waals surface area contributed by atoms with Gasteiger partial charge in [-0.25, -0.2) is 0 Å². The summed E-state index contributed by atoms with van der Waals surface area (Å²) in [6.45, 7) is 0. The molecule has 0 unspecified atom stereocenters. The molecule has 0 aromatic heterocycles. The van der Waals surface area contributed by atoms with Gasteiger partial charge in [-0.05, 0) is 82.4 Å². The third-order valence-electron chi connectivity index (χ3n) is 9.61. The van der Waals surface area contributed by atoms with Gasteiger partial charge in [0.05, 0.1) is 0 Å². The molecule has 0 atom stereocenters. The molecule has 8 heteroatoms. The van der Waals surface area contributed by atoms with E-state index in [1.165, 1.54) is 38.5 Å². The average molecular weight is 1650 g/mol. The zero-order chi connectivity index (χ0) is 22.7. The number of hydrogen-bond donors (Lipinski definition) is 0. The minimum atomic E-state index is 0. The summed E-state index contributed by atoms with van der Waals surface area (Å²) in [6, 6.07) is 46.1. The first-order valence-corrected chi connectivity index (χ1v) is 12.9. The van der Waals surface area contributed by atoms with Gasteiger partial charge in [0, 0.05) is 215 Å². The molecule has 8 rings (SSSR count). The Morgan fingerprint density at radius 3 is 0.480 bits per heavy atom. The average Bonchev–Trinajstić information content (AvgIpc) is 2.90. The van der Waals surface area contributed by atoms with Crippen LogP contribution in [0.5, 0.6) is 0 Å². The van der Waals surface area contributed by atoms with Gasteiger partial charge in [0.15, 0.2) is 0 Å². The Morgan fingerprint density at radius 1 is 0.240 bits per heavy atom. The van der Waals surface area contributed by atoms with Crippen molar-refractivity contribution in [3.63, 3.8) is 0 Å². The van der Waals surface area contributed by atoms with Crippen LogP contribution in [0.25, 0.3) is 0 Å². The summed E-state index contributed by atoms with van der Waals surface area (Å²) in [7, 11) is 0. The molecule has 4 aromatic carbocycles. The van der Waals surface area contributed by atoms with Gasteiger partial charge in [-0.1, -0.05) is 121 Å². The zero-order valence-corrected chi connectivity index (χ0v) is 54.8. The Balaban J connectivity index is -0.000000125. The van der Waals surface area contributed by atoms with Gasteiger partial charge in [-0.15, -0.1) is 0 Å². The van der Waals surface area contributed by atoms with Crippen LogP contribution < -0.4 is 0 Å². The van der Waals surface area contributed by atoms with Gasteiger partial charge in [0.25, 0.3) is 0 Å². The fraction of sp³-hybridized carbons (Fsp3) is 0.238. The molecule has 4 aromatic rings. The normalized spacial score (nSPS) is 22.9. The molecule has 4 fully saturated rings. The van der Waals surface area contributed by atoms with E-state index < -0.39 is 0 Å². The van der Waals surface area contributed by atoms with Crippen molar-refractivity contribution in [2.45, 2.75) is 60.2 Å². The third kappa shape index (κ3) is 14.7. The second-order valence-electron chi connectivity index (χ2n) is 11.6. The van der Waals surface area contributed by atoms with E-state index in [1.54, 1.807) is 22.3 Å². The van der Waals surface area contributed by atoms with Crippen LogP contribution in [0, 0.1) is 59.4 Å². The molecule has 4 bridgehead atoms. The van der Waals surface area contributed by atoms with Crippen molar-refractivity contribution in [2.75, 3.05) is 0 Å². The standard InChI is InChI=1S/C34H32.8CH3.4W.4Y/c1-5-13-27(14-6-1)31-21-32(28-15-7-2-8-16-28)24-33(22-31,29-17-9-3-10-18-29)26-34(23-31,25-32)30-19-11-4-12-20-30;;;;;;;;;;;;;;;;/h1-20H,21-26H2;8*1H3;;;;;;;;/q;8*-1;;;;;;;;. The third-order valence-corrected chi connectivity index (χ3v) is 9.61. The molecule has 0 spiro atoms. The Morgan fingerprint density at radius 2 is 0.360 bits per heavy atom. The van der Waals surface area contributed by atoms with Gasteiger partial charge >= 0.3 is 0 Å². The number of rotatable bonds is 4. The molecule has 4 aliphatic carbocycles. The summed E-state index contributed by atoms with van der Waals surface area (Å²) in [5.41, 5.74) is 6.97. The second kappa shape index (κ2) is 32.9. The molecule has 0 aliphatic heterocycles. The molecule has 0 heterocycles. The van der Waals surface area contributed by atoms with E-state index in [0.717, 1.165) is 0 Å². The summed E-state index contributed by atoms with van der Waals surface area (Å²) in [5.74, 6) is 0. The van der Waals surface area contributed by atoms with E-state index >= 15 is 0 Å². The second-order valence-corrected chi connectivity index (χ2v) is 11.6. The molecular weight excluding hydrogens is 1600 g/mol. The monoisotopic (exact) mass is 1650 g/mol. The first kappa shape index (κ1) is 78.4. The van der Waals surface area contributed by atoms with E-state index in [4.69, 9.17) is 0 Å². The van der Waals surface area contributed by atoms with E-state index in [9.17, 15) is 0 Å². The van der Waals surface area contributed by atoms with Crippen LogP contribution in [0.4, 0.5) is 0 Å². The Kier molecular flexibility index (Phi) is 51.6. The van der Waals surface area contributed by atoms with Crippen molar-refractivity contribution in [1.82, 2.24) is 0 Å². The van der Waals surface area contributed by atoms with Crippen LogP contribution in [-0.4, -0.2) is 0 Å².